The van der Waals surface area contributed by atoms with Crippen LogP contribution in [0.3, 0.4) is 0 Å². The lowest BCUT2D eigenvalue weighted by molar-refractivity contribution is 0.614. The lowest BCUT2D eigenvalue weighted by Gasteiger charge is -2.11. The molecule has 0 saturated heterocycles. The topological polar surface area (TPSA) is 38.9 Å². The van der Waals surface area contributed by atoms with Crippen LogP contribution in [0.4, 0.5) is 4.39 Å². The zero-order valence-corrected chi connectivity index (χ0v) is 10.7. The Morgan fingerprint density at radius 2 is 2.18 bits per heavy atom. The maximum absolute atomic E-state index is 13.1. The molecule has 17 heavy (non-hydrogen) atoms. The summed E-state index contributed by atoms with van der Waals surface area (Å²) >= 11 is 1.62. The van der Waals surface area contributed by atoms with E-state index in [1.807, 2.05) is 12.3 Å². The fourth-order valence-electron chi connectivity index (χ4n) is 1.74. The summed E-state index contributed by atoms with van der Waals surface area (Å²) in [5, 5.41) is 3.06. The average molecular weight is 250 g/mol. The molecule has 1 aromatic heterocycles. The van der Waals surface area contributed by atoms with Gasteiger partial charge in [-0.3, -0.25) is 0 Å². The number of halogens is 1. The van der Waals surface area contributed by atoms with Crippen molar-refractivity contribution >= 4 is 11.3 Å². The molecule has 0 bridgehead atoms. The van der Waals surface area contributed by atoms with Crippen molar-refractivity contribution < 1.29 is 4.39 Å². The lowest BCUT2D eigenvalue weighted by atomic mass is 10.0. The Balaban J connectivity index is 2.14. The van der Waals surface area contributed by atoms with E-state index in [2.05, 4.69) is 4.98 Å². The monoisotopic (exact) mass is 250 g/mol. The van der Waals surface area contributed by atoms with Gasteiger partial charge in [0.1, 0.15) is 5.82 Å². The first-order chi connectivity index (χ1) is 8.06. The Morgan fingerprint density at radius 3 is 2.76 bits per heavy atom. The van der Waals surface area contributed by atoms with Gasteiger partial charge in [-0.2, -0.15) is 0 Å². The van der Waals surface area contributed by atoms with Gasteiger partial charge in [0.2, 0.25) is 0 Å². The fourth-order valence-corrected chi connectivity index (χ4v) is 2.37. The van der Waals surface area contributed by atoms with Crippen molar-refractivity contribution in [1.82, 2.24) is 4.98 Å². The second-order valence-electron chi connectivity index (χ2n) is 4.18. The third-order valence-corrected chi connectivity index (χ3v) is 3.53. The summed E-state index contributed by atoms with van der Waals surface area (Å²) in [4.78, 5) is 4.38. The maximum Gasteiger partial charge on any atom is 0.126 e. The minimum absolute atomic E-state index is 0.129. The molecule has 1 unspecified atom stereocenters. The van der Waals surface area contributed by atoms with Crippen LogP contribution in [-0.4, -0.2) is 4.98 Å². The smallest absolute Gasteiger partial charge is 0.126 e. The maximum atomic E-state index is 13.1. The van der Waals surface area contributed by atoms with Crippen molar-refractivity contribution in [1.29, 1.82) is 0 Å². The Hall–Kier alpha value is -1.26. The van der Waals surface area contributed by atoms with Gasteiger partial charge in [-0.1, -0.05) is 12.1 Å². The van der Waals surface area contributed by atoms with E-state index in [0.29, 0.717) is 12.0 Å². The normalized spacial score (nSPS) is 12.7. The number of benzene rings is 1. The summed E-state index contributed by atoms with van der Waals surface area (Å²) in [5.74, 6) is -0.189. The number of nitrogens with zero attached hydrogens (tertiary/aromatic N) is 1. The second-order valence-corrected chi connectivity index (χ2v) is 5.24. The molecular formula is C13H15FN2S. The third-order valence-electron chi connectivity index (χ3n) is 2.71. The molecule has 0 radical (unpaired) electrons. The van der Waals surface area contributed by atoms with Gasteiger partial charge in [-0.25, -0.2) is 9.37 Å². The molecule has 0 spiro atoms. The standard InChI is InChI=1S/C13H15FN2S/c1-8-5-10(3-4-12(8)14)13(15)6-11-7-17-9(2)16-11/h3-5,7,13H,6,15H2,1-2H3. The second kappa shape index (κ2) is 4.94. The van der Waals surface area contributed by atoms with Gasteiger partial charge in [0.25, 0.3) is 0 Å². The van der Waals surface area contributed by atoms with Crippen molar-refractivity contribution in [3.05, 3.63) is 51.2 Å². The molecule has 0 aliphatic carbocycles. The minimum Gasteiger partial charge on any atom is -0.324 e. The quantitative estimate of drug-likeness (QED) is 0.909. The van der Waals surface area contributed by atoms with Gasteiger partial charge in [-0.05, 0) is 31.0 Å². The van der Waals surface area contributed by atoms with Gasteiger partial charge in [0, 0.05) is 17.8 Å². The van der Waals surface area contributed by atoms with Crippen LogP contribution in [0.25, 0.3) is 0 Å². The Kier molecular flexibility index (Phi) is 3.54. The number of aryl methyl sites for hydroxylation is 2. The van der Waals surface area contributed by atoms with E-state index < -0.39 is 0 Å². The summed E-state index contributed by atoms with van der Waals surface area (Å²) in [6, 6.07) is 4.89. The van der Waals surface area contributed by atoms with Crippen molar-refractivity contribution in [3.63, 3.8) is 0 Å². The fraction of sp³-hybridized carbons (Fsp3) is 0.308. The molecule has 0 saturated carbocycles. The summed E-state index contributed by atoms with van der Waals surface area (Å²) in [7, 11) is 0. The van der Waals surface area contributed by atoms with Crippen LogP contribution in [0.2, 0.25) is 0 Å². The molecule has 2 rings (SSSR count). The number of hydrogen-bond donors (Lipinski definition) is 1. The molecule has 2 N–H and O–H groups in total. The van der Waals surface area contributed by atoms with E-state index in [0.717, 1.165) is 16.3 Å². The van der Waals surface area contributed by atoms with Crippen LogP contribution < -0.4 is 5.73 Å². The average Bonchev–Trinajstić information content (AvgIpc) is 2.68. The zero-order valence-electron chi connectivity index (χ0n) is 9.90. The highest BCUT2D eigenvalue weighted by Gasteiger charge is 2.10. The summed E-state index contributed by atoms with van der Waals surface area (Å²) in [6.07, 6.45) is 0.690. The molecule has 1 atom stereocenters. The van der Waals surface area contributed by atoms with Gasteiger partial charge >= 0.3 is 0 Å². The number of aromatic nitrogens is 1. The highest BCUT2D eigenvalue weighted by atomic mass is 32.1. The molecule has 2 aromatic rings. The third kappa shape index (κ3) is 2.90. The molecule has 0 amide bonds. The molecule has 0 aliphatic heterocycles. The summed E-state index contributed by atoms with van der Waals surface area (Å²) in [6.45, 7) is 3.72. The van der Waals surface area contributed by atoms with Gasteiger partial charge in [-0.15, -0.1) is 11.3 Å². The van der Waals surface area contributed by atoms with Gasteiger partial charge in [0.05, 0.1) is 10.7 Å². The van der Waals surface area contributed by atoms with Crippen LogP contribution in [0.15, 0.2) is 23.6 Å². The molecule has 0 aliphatic rings. The van der Waals surface area contributed by atoms with E-state index in [4.69, 9.17) is 5.73 Å². The van der Waals surface area contributed by atoms with E-state index in [1.54, 1.807) is 30.4 Å². The molecular weight excluding hydrogens is 235 g/mol. The molecule has 90 valence electrons. The number of thiazole rings is 1. The predicted octanol–water partition coefficient (Wildman–Crippen LogP) is 3.14. The van der Waals surface area contributed by atoms with E-state index >= 15 is 0 Å². The molecule has 4 heteroatoms. The molecule has 2 nitrogen and oxygen atoms in total. The van der Waals surface area contributed by atoms with Crippen LogP contribution in [-0.2, 0) is 6.42 Å². The molecule has 1 heterocycles. The first-order valence-corrected chi connectivity index (χ1v) is 6.37. The zero-order chi connectivity index (χ0) is 12.4. The number of hydrogen-bond acceptors (Lipinski definition) is 3. The van der Waals surface area contributed by atoms with E-state index in [-0.39, 0.29) is 11.9 Å². The predicted molar refractivity (Wildman–Crippen MR) is 68.6 cm³/mol. The summed E-state index contributed by atoms with van der Waals surface area (Å²) in [5.41, 5.74) is 8.68. The number of rotatable bonds is 3. The van der Waals surface area contributed by atoms with E-state index in [1.165, 1.54) is 6.07 Å². The largest absolute Gasteiger partial charge is 0.324 e. The first kappa shape index (κ1) is 12.2. The first-order valence-electron chi connectivity index (χ1n) is 5.49. The van der Waals surface area contributed by atoms with Gasteiger partial charge < -0.3 is 5.73 Å². The molecule has 0 fully saturated rings. The van der Waals surface area contributed by atoms with E-state index in [9.17, 15) is 4.39 Å². The lowest BCUT2D eigenvalue weighted by Crippen LogP contribution is -2.14. The Labute approximate surface area is 104 Å². The van der Waals surface area contributed by atoms with Crippen LogP contribution >= 0.6 is 11.3 Å². The van der Waals surface area contributed by atoms with Crippen LogP contribution in [0, 0.1) is 19.7 Å². The van der Waals surface area contributed by atoms with Crippen molar-refractivity contribution in [2.24, 2.45) is 5.73 Å². The Morgan fingerprint density at radius 1 is 1.41 bits per heavy atom. The van der Waals surface area contributed by atoms with Crippen molar-refractivity contribution in [2.75, 3.05) is 0 Å². The number of nitrogens with two attached hydrogens (primary N) is 1. The van der Waals surface area contributed by atoms with Crippen LogP contribution in [0.1, 0.15) is 27.9 Å². The highest BCUT2D eigenvalue weighted by molar-refractivity contribution is 7.09. The van der Waals surface area contributed by atoms with Crippen LogP contribution in [0.5, 0.6) is 0 Å². The molecule has 1 aromatic carbocycles. The van der Waals surface area contributed by atoms with Crippen molar-refractivity contribution in [3.8, 4) is 0 Å². The summed E-state index contributed by atoms with van der Waals surface area (Å²) < 4.78 is 13.1. The minimum atomic E-state index is -0.189. The SMILES string of the molecule is Cc1nc(CC(N)c2ccc(F)c(C)c2)cs1. The highest BCUT2D eigenvalue weighted by Crippen LogP contribution is 2.19. The van der Waals surface area contributed by atoms with Crippen molar-refractivity contribution in [2.45, 2.75) is 26.3 Å². The Bertz CT molecular complexity index is 522. The van der Waals surface area contributed by atoms with Gasteiger partial charge in [0.15, 0.2) is 0 Å².